The third-order valence-electron chi connectivity index (χ3n) is 3.04. The molecule has 0 amide bonds. The highest BCUT2D eigenvalue weighted by Crippen LogP contribution is 2.27. The van der Waals surface area contributed by atoms with Gasteiger partial charge >= 0.3 is 0 Å². The molecule has 0 saturated carbocycles. The molecule has 0 bridgehead atoms. The minimum absolute atomic E-state index is 0.631. The number of aromatic nitrogens is 1. The smallest absolute Gasteiger partial charge is 0.128 e. The van der Waals surface area contributed by atoms with Crippen LogP contribution in [0.15, 0.2) is 30.5 Å². The van der Waals surface area contributed by atoms with Crippen LogP contribution < -0.4 is 4.74 Å². The van der Waals surface area contributed by atoms with Gasteiger partial charge in [0.25, 0.3) is 0 Å². The Balaban J connectivity index is 2.28. The minimum Gasteiger partial charge on any atom is -0.493 e. The van der Waals surface area contributed by atoms with Crippen molar-refractivity contribution in [3.8, 4) is 5.75 Å². The van der Waals surface area contributed by atoms with E-state index in [1.807, 2.05) is 32.9 Å². The van der Waals surface area contributed by atoms with Crippen molar-refractivity contribution in [1.29, 1.82) is 0 Å². The number of aliphatic hydroxyl groups is 1. The molecule has 1 aromatic carbocycles. The fourth-order valence-corrected chi connectivity index (χ4v) is 2.07. The van der Waals surface area contributed by atoms with E-state index in [1.165, 1.54) is 0 Å². The first-order valence-corrected chi connectivity index (χ1v) is 6.44. The molecule has 0 atom stereocenters. The predicted molar refractivity (Wildman–Crippen MR) is 74.0 cm³/mol. The first-order chi connectivity index (χ1) is 8.51. The lowest BCUT2D eigenvalue weighted by molar-refractivity contribution is 0.0666. The number of fused-ring (bicyclic) bond motifs is 1. The number of hydrogen-bond acceptors (Lipinski definition) is 2. The van der Waals surface area contributed by atoms with E-state index in [0.717, 1.165) is 29.6 Å². The van der Waals surface area contributed by atoms with Gasteiger partial charge in [0.1, 0.15) is 5.75 Å². The predicted octanol–water partition coefficient (Wildman–Crippen LogP) is 3.20. The Bertz CT molecular complexity index is 523. The Hall–Kier alpha value is -1.48. The summed E-state index contributed by atoms with van der Waals surface area (Å²) in [5, 5.41) is 10.9. The number of rotatable bonds is 5. The molecule has 2 rings (SSSR count). The molecule has 0 radical (unpaired) electrons. The zero-order chi connectivity index (χ0) is 13.2. The molecule has 98 valence electrons. The third-order valence-corrected chi connectivity index (χ3v) is 3.04. The Morgan fingerprint density at radius 3 is 2.72 bits per heavy atom. The molecule has 3 heteroatoms. The zero-order valence-electron chi connectivity index (χ0n) is 11.3. The van der Waals surface area contributed by atoms with E-state index in [2.05, 4.69) is 22.9 Å². The average Bonchev–Trinajstić information content (AvgIpc) is 2.70. The number of benzene rings is 1. The lowest BCUT2D eigenvalue weighted by atomic mass is 10.1. The van der Waals surface area contributed by atoms with Crippen LogP contribution in [0.2, 0.25) is 0 Å². The summed E-state index contributed by atoms with van der Waals surface area (Å²) in [5.41, 5.74) is 0.527. The Morgan fingerprint density at radius 2 is 2.06 bits per heavy atom. The van der Waals surface area contributed by atoms with E-state index >= 15 is 0 Å². The molecule has 1 heterocycles. The lowest BCUT2D eigenvalue weighted by Gasteiger charge is -2.17. The van der Waals surface area contributed by atoms with E-state index in [1.54, 1.807) is 0 Å². The van der Waals surface area contributed by atoms with Crippen molar-refractivity contribution in [2.45, 2.75) is 39.3 Å². The van der Waals surface area contributed by atoms with E-state index in [-0.39, 0.29) is 0 Å². The van der Waals surface area contributed by atoms with Gasteiger partial charge in [-0.05, 0) is 45.4 Å². The quantitative estimate of drug-likeness (QED) is 0.880. The molecule has 0 saturated heterocycles. The maximum Gasteiger partial charge on any atom is 0.128 e. The van der Waals surface area contributed by atoms with Gasteiger partial charge in [-0.3, -0.25) is 0 Å². The molecule has 18 heavy (non-hydrogen) atoms. The van der Waals surface area contributed by atoms with E-state index in [9.17, 15) is 5.11 Å². The summed E-state index contributed by atoms with van der Waals surface area (Å²) in [6.45, 7) is 7.15. The number of nitrogens with zero attached hydrogens (tertiary/aromatic N) is 1. The van der Waals surface area contributed by atoms with E-state index < -0.39 is 5.60 Å². The first kappa shape index (κ1) is 13.0. The normalized spacial score (nSPS) is 12.0. The van der Waals surface area contributed by atoms with E-state index in [0.29, 0.717) is 6.61 Å². The molecule has 0 aliphatic rings. The molecule has 0 fully saturated rings. The SMILES string of the molecule is CCOc1cccc2c1ccn2CCC(C)(C)O. The van der Waals surface area contributed by atoms with Crippen molar-refractivity contribution in [3.05, 3.63) is 30.5 Å². The second kappa shape index (κ2) is 5.02. The fourth-order valence-electron chi connectivity index (χ4n) is 2.07. The number of aryl methyl sites for hydroxylation is 1. The lowest BCUT2D eigenvalue weighted by Crippen LogP contribution is -2.20. The van der Waals surface area contributed by atoms with Crippen LogP contribution in [0.5, 0.6) is 5.75 Å². The van der Waals surface area contributed by atoms with Gasteiger partial charge in [-0.2, -0.15) is 0 Å². The van der Waals surface area contributed by atoms with Gasteiger partial charge in [0.15, 0.2) is 0 Å². The molecule has 1 N–H and O–H groups in total. The van der Waals surface area contributed by atoms with Crippen LogP contribution in [0.1, 0.15) is 27.2 Å². The van der Waals surface area contributed by atoms with Gasteiger partial charge in [-0.15, -0.1) is 0 Å². The molecular formula is C15H21NO2. The van der Waals surface area contributed by atoms with Gasteiger partial charge in [0.05, 0.1) is 17.7 Å². The Morgan fingerprint density at radius 1 is 1.28 bits per heavy atom. The standard InChI is InChI=1S/C15H21NO2/c1-4-18-14-7-5-6-13-12(14)8-10-16(13)11-9-15(2,3)17/h5-8,10,17H,4,9,11H2,1-3H3. The van der Waals surface area contributed by atoms with Gasteiger partial charge in [0, 0.05) is 18.1 Å². The summed E-state index contributed by atoms with van der Waals surface area (Å²) in [6.07, 6.45) is 2.79. The molecule has 2 aromatic rings. The average molecular weight is 247 g/mol. The highest BCUT2D eigenvalue weighted by atomic mass is 16.5. The van der Waals surface area contributed by atoms with Gasteiger partial charge in [-0.25, -0.2) is 0 Å². The molecule has 0 spiro atoms. The van der Waals surface area contributed by atoms with Crippen LogP contribution in [-0.2, 0) is 6.54 Å². The van der Waals surface area contributed by atoms with Crippen LogP contribution in [-0.4, -0.2) is 21.9 Å². The molecule has 3 nitrogen and oxygen atoms in total. The highest BCUT2D eigenvalue weighted by molar-refractivity contribution is 5.86. The Kier molecular flexibility index (Phi) is 3.62. The van der Waals surface area contributed by atoms with Crippen LogP contribution in [0.3, 0.4) is 0 Å². The summed E-state index contributed by atoms with van der Waals surface area (Å²) in [6, 6.07) is 8.16. The summed E-state index contributed by atoms with van der Waals surface area (Å²) < 4.78 is 7.78. The fraction of sp³-hybridized carbons (Fsp3) is 0.467. The molecule has 0 aliphatic heterocycles. The van der Waals surface area contributed by atoms with Gasteiger partial charge < -0.3 is 14.4 Å². The van der Waals surface area contributed by atoms with Crippen molar-refractivity contribution in [1.82, 2.24) is 4.57 Å². The second-order valence-electron chi connectivity index (χ2n) is 5.19. The van der Waals surface area contributed by atoms with Gasteiger partial charge in [0.2, 0.25) is 0 Å². The van der Waals surface area contributed by atoms with Crippen molar-refractivity contribution in [2.75, 3.05) is 6.61 Å². The van der Waals surface area contributed by atoms with Crippen LogP contribution in [0, 0.1) is 0 Å². The van der Waals surface area contributed by atoms with Crippen molar-refractivity contribution in [3.63, 3.8) is 0 Å². The van der Waals surface area contributed by atoms with Gasteiger partial charge in [-0.1, -0.05) is 6.07 Å². The summed E-state index contributed by atoms with van der Waals surface area (Å²) in [5.74, 6) is 0.928. The molecular weight excluding hydrogens is 226 g/mol. The maximum absolute atomic E-state index is 9.79. The molecule has 0 aliphatic carbocycles. The van der Waals surface area contributed by atoms with Crippen molar-refractivity contribution >= 4 is 10.9 Å². The minimum atomic E-state index is -0.631. The zero-order valence-corrected chi connectivity index (χ0v) is 11.3. The summed E-state index contributed by atoms with van der Waals surface area (Å²) in [4.78, 5) is 0. The van der Waals surface area contributed by atoms with Crippen molar-refractivity contribution < 1.29 is 9.84 Å². The largest absolute Gasteiger partial charge is 0.493 e. The first-order valence-electron chi connectivity index (χ1n) is 6.44. The Labute approximate surface area is 108 Å². The van der Waals surface area contributed by atoms with E-state index in [4.69, 9.17) is 4.74 Å². The molecule has 1 aromatic heterocycles. The second-order valence-corrected chi connectivity index (χ2v) is 5.19. The number of hydrogen-bond donors (Lipinski definition) is 1. The maximum atomic E-state index is 9.79. The third kappa shape index (κ3) is 2.85. The molecule has 0 unspecified atom stereocenters. The number of ether oxygens (including phenoxy) is 1. The summed E-state index contributed by atoms with van der Waals surface area (Å²) in [7, 11) is 0. The van der Waals surface area contributed by atoms with Crippen LogP contribution in [0.4, 0.5) is 0 Å². The summed E-state index contributed by atoms with van der Waals surface area (Å²) >= 11 is 0. The van der Waals surface area contributed by atoms with Crippen molar-refractivity contribution in [2.24, 2.45) is 0 Å². The topological polar surface area (TPSA) is 34.4 Å². The van der Waals surface area contributed by atoms with Crippen LogP contribution in [0.25, 0.3) is 10.9 Å². The highest BCUT2D eigenvalue weighted by Gasteiger charge is 2.13. The monoisotopic (exact) mass is 247 g/mol. The van der Waals surface area contributed by atoms with Crippen LogP contribution >= 0.6 is 0 Å².